The molecule has 0 N–H and O–H groups in total. The molecule has 4 rings (SSSR count). The molecule has 238 valence electrons. The molecule has 0 aromatic heterocycles. The number of amides is 1. The fraction of sp³-hybridized carbons (Fsp3) is 0.367. The molecule has 1 aliphatic heterocycles. The van der Waals surface area contributed by atoms with Gasteiger partial charge in [-0.25, -0.2) is 9.18 Å². The molecule has 0 unspecified atom stereocenters. The Hall–Kier alpha value is -3.97. The first-order valence-electron chi connectivity index (χ1n) is 15.5. The number of cyclic esters (lactones) is 1. The second-order valence-corrected chi connectivity index (χ2v) is 9.85. The monoisotopic (exact) mass is 643 g/mol. The third kappa shape index (κ3) is 6.43. The van der Waals surface area contributed by atoms with Crippen molar-refractivity contribution in [2.24, 2.45) is 0 Å². The van der Waals surface area contributed by atoms with Crippen LogP contribution in [0.25, 0.3) is 11.1 Å². The van der Waals surface area contributed by atoms with E-state index >= 15 is 4.39 Å². The van der Waals surface area contributed by atoms with Crippen molar-refractivity contribution in [1.82, 2.24) is 4.90 Å². The zero-order valence-corrected chi connectivity index (χ0v) is 22.5. The maximum Gasteiger partial charge on any atom is 0.416 e. The van der Waals surface area contributed by atoms with E-state index in [0.717, 1.165) is 26.2 Å². The van der Waals surface area contributed by atoms with Gasteiger partial charge in [-0.2, -0.15) is 39.5 Å². The number of nitrogens with zero attached hydrogens (tertiary/aromatic N) is 1. The van der Waals surface area contributed by atoms with Gasteiger partial charge >= 0.3 is 24.6 Å². The summed E-state index contributed by atoms with van der Waals surface area (Å²) >= 11 is 0. The van der Waals surface area contributed by atoms with Crippen LogP contribution in [0, 0.1) is 5.82 Å². The largest absolute Gasteiger partial charge is 0.496 e. The molecule has 0 saturated carbocycles. The van der Waals surface area contributed by atoms with Crippen molar-refractivity contribution in [2.45, 2.75) is 63.8 Å². The Balaban J connectivity index is 1.93. The second-order valence-electron chi connectivity index (χ2n) is 9.85. The fourth-order valence-corrected chi connectivity index (χ4v) is 4.94. The van der Waals surface area contributed by atoms with Crippen LogP contribution >= 0.6 is 0 Å². The zero-order chi connectivity index (χ0) is 37.9. The van der Waals surface area contributed by atoms with Crippen LogP contribution < -0.4 is 4.74 Å². The number of methoxy groups -OCH3 is 1. The van der Waals surface area contributed by atoms with Crippen LogP contribution in [0.4, 0.5) is 48.7 Å². The van der Waals surface area contributed by atoms with Crippen LogP contribution in [0.3, 0.4) is 0 Å². The van der Waals surface area contributed by atoms with Gasteiger partial charge in [0, 0.05) is 19.4 Å². The highest BCUT2D eigenvalue weighted by Gasteiger charge is 2.44. The minimum Gasteiger partial charge on any atom is -0.496 e. The molecular weight excluding hydrogens is 612 g/mol. The van der Waals surface area contributed by atoms with Gasteiger partial charge in [0.25, 0.3) is 0 Å². The highest BCUT2D eigenvalue weighted by molar-refractivity contribution is 5.79. The summed E-state index contributed by atoms with van der Waals surface area (Å²) in [6.45, 7) is -6.57. The summed E-state index contributed by atoms with van der Waals surface area (Å²) < 4.78 is 196. The van der Waals surface area contributed by atoms with Crippen molar-refractivity contribution in [2.75, 3.05) is 7.11 Å². The summed E-state index contributed by atoms with van der Waals surface area (Å²) in [5.41, 5.74) is -7.98. The molecule has 1 heterocycles. The predicted molar refractivity (Wildman–Crippen MR) is 138 cm³/mol. The lowest BCUT2D eigenvalue weighted by Crippen LogP contribution is -2.32. The molecule has 3 aromatic carbocycles. The van der Waals surface area contributed by atoms with Gasteiger partial charge in [0.2, 0.25) is 0 Å². The predicted octanol–water partition coefficient (Wildman–Crippen LogP) is 9.76. The number of hydrogen-bond donors (Lipinski definition) is 0. The van der Waals surface area contributed by atoms with E-state index in [1.807, 2.05) is 0 Å². The van der Waals surface area contributed by atoms with Gasteiger partial charge in [-0.1, -0.05) is 19.8 Å². The van der Waals surface area contributed by atoms with Gasteiger partial charge in [0.1, 0.15) is 17.7 Å². The minimum atomic E-state index is -5.25. The van der Waals surface area contributed by atoms with Crippen LogP contribution in [-0.2, 0) is 29.8 Å². The fourth-order valence-electron chi connectivity index (χ4n) is 4.94. The van der Waals surface area contributed by atoms with Crippen LogP contribution in [-0.4, -0.2) is 24.1 Å². The van der Waals surface area contributed by atoms with E-state index < -0.39 is 113 Å². The molecular formula is C30H25F10NO3. The maximum absolute atomic E-state index is 15.6. The molecule has 44 heavy (non-hydrogen) atoms. The lowest BCUT2D eigenvalue weighted by atomic mass is 9.88. The van der Waals surface area contributed by atoms with Gasteiger partial charge in [-0.05, 0) is 72.0 Å². The van der Waals surface area contributed by atoms with E-state index in [1.54, 1.807) is 0 Å². The molecule has 3 aromatic rings. The molecule has 1 amide bonds. The Labute approximate surface area is 253 Å². The van der Waals surface area contributed by atoms with Gasteiger partial charge in [-0.15, -0.1) is 0 Å². The molecule has 0 radical (unpaired) electrons. The first kappa shape index (κ1) is 25.4. The van der Waals surface area contributed by atoms with E-state index in [4.69, 9.17) is 17.7 Å². The number of carbonyl (C=O) groups excluding carboxylic acids is 1. The maximum atomic E-state index is 15.6. The van der Waals surface area contributed by atoms with E-state index in [2.05, 4.69) is 0 Å². The lowest BCUT2D eigenvalue weighted by molar-refractivity contribution is -0.143. The third-order valence-corrected chi connectivity index (χ3v) is 7.04. The van der Waals surface area contributed by atoms with Crippen molar-refractivity contribution in [1.29, 1.82) is 0 Å². The number of benzene rings is 3. The van der Waals surface area contributed by atoms with E-state index in [0.29, 0.717) is 35.2 Å². The summed E-state index contributed by atoms with van der Waals surface area (Å²) in [4.78, 5) is 13.8. The molecule has 1 fully saturated rings. The van der Waals surface area contributed by atoms with E-state index in [-0.39, 0.29) is 11.8 Å². The summed E-state index contributed by atoms with van der Waals surface area (Å²) in [5.74, 6) is -4.29. The van der Waals surface area contributed by atoms with Crippen LogP contribution in [0.2, 0.25) is 0 Å². The summed E-state index contributed by atoms with van der Waals surface area (Å²) in [5, 5.41) is 0. The average Bonchev–Trinajstić information content (AvgIpc) is 3.23. The van der Waals surface area contributed by atoms with Crippen molar-refractivity contribution in [3.05, 3.63) is 87.7 Å². The molecule has 2 atom stereocenters. The quantitative estimate of drug-likeness (QED) is 0.251. The van der Waals surface area contributed by atoms with Gasteiger partial charge in [0.05, 0.1) is 36.4 Å². The van der Waals surface area contributed by atoms with Crippen molar-refractivity contribution < 1.29 is 66.4 Å². The summed E-state index contributed by atoms with van der Waals surface area (Å²) in [6, 6.07) is 2.51. The SMILES string of the molecule is [2H]C([2H])([2H])C(c1c(F)ccc(OC)c1-c1ccc(C(F)(F)F)cc1CN1C(=O)O[C@H](c2cc(C(F)(F)F)cc(C(F)(F)F)c2)[C@@H]1C)C([2H])([2H])[2H]. The smallest absolute Gasteiger partial charge is 0.416 e. The normalized spacial score (nSPS) is 20.4. The Morgan fingerprint density at radius 1 is 0.886 bits per heavy atom. The van der Waals surface area contributed by atoms with E-state index in [1.165, 1.54) is 0 Å². The molecule has 14 heteroatoms. The molecule has 0 aliphatic carbocycles. The Morgan fingerprint density at radius 3 is 2.00 bits per heavy atom. The molecule has 0 spiro atoms. The standard InChI is InChI=1S/C30H25F10NO3/c1-14(2)24-22(31)7-8-23(43-4)25(24)21-6-5-18(28(32,33)34)11-17(21)13-41-15(3)26(44-27(41)42)16-9-19(29(35,36)37)12-20(10-16)30(38,39)40/h5-12,14-15,26H,13H2,1-4H3/t15-,26-/m0/s1/i1D3,2D3. The minimum absolute atomic E-state index is 0.145. The average molecular weight is 644 g/mol. The van der Waals surface area contributed by atoms with Crippen molar-refractivity contribution >= 4 is 6.09 Å². The molecule has 0 bridgehead atoms. The van der Waals surface area contributed by atoms with Crippen LogP contribution in [0.1, 0.15) is 74.3 Å². The zero-order valence-electron chi connectivity index (χ0n) is 28.5. The van der Waals surface area contributed by atoms with Crippen molar-refractivity contribution in [3.8, 4) is 16.9 Å². The first-order valence-corrected chi connectivity index (χ1v) is 12.5. The Morgan fingerprint density at radius 2 is 1.48 bits per heavy atom. The number of rotatable bonds is 6. The number of hydrogen-bond acceptors (Lipinski definition) is 3. The highest BCUT2D eigenvalue weighted by Crippen LogP contribution is 2.45. The first-order chi connectivity index (χ1) is 22.7. The molecule has 1 saturated heterocycles. The summed E-state index contributed by atoms with van der Waals surface area (Å²) in [6.07, 6.45) is -18.7. The highest BCUT2D eigenvalue weighted by atomic mass is 19.4. The van der Waals surface area contributed by atoms with Gasteiger partial charge in [-0.3, -0.25) is 4.90 Å². The van der Waals surface area contributed by atoms with Gasteiger partial charge in [0.15, 0.2) is 0 Å². The number of alkyl halides is 9. The third-order valence-electron chi connectivity index (χ3n) is 7.04. The Bertz CT molecular complexity index is 1720. The second kappa shape index (κ2) is 11.5. The van der Waals surface area contributed by atoms with E-state index in [9.17, 15) is 44.3 Å². The van der Waals surface area contributed by atoms with Crippen LogP contribution in [0.5, 0.6) is 5.75 Å². The van der Waals surface area contributed by atoms with Crippen LogP contribution in [0.15, 0.2) is 48.5 Å². The number of carbonyl (C=O) groups is 1. The molecule has 1 aliphatic rings. The number of halogens is 10. The summed E-state index contributed by atoms with van der Waals surface area (Å²) in [7, 11) is 1.03. The number of ether oxygens (including phenoxy) is 2. The van der Waals surface area contributed by atoms with Crippen molar-refractivity contribution in [3.63, 3.8) is 0 Å². The topological polar surface area (TPSA) is 38.8 Å². The lowest BCUT2D eigenvalue weighted by Gasteiger charge is -2.25. The van der Waals surface area contributed by atoms with Gasteiger partial charge < -0.3 is 9.47 Å². The molecule has 4 nitrogen and oxygen atoms in total. The Kier molecular flexibility index (Phi) is 6.64.